The molecule has 1 aliphatic rings. The second kappa shape index (κ2) is 5.91. The van der Waals surface area contributed by atoms with Crippen molar-refractivity contribution >= 4 is 11.0 Å². The maximum atomic E-state index is 10.3. The molecule has 108 valence electrons. The molecule has 1 saturated heterocycles. The van der Waals surface area contributed by atoms with E-state index in [0.717, 1.165) is 61.6 Å². The first-order chi connectivity index (χ1) is 9.72. The highest BCUT2D eigenvalue weighted by Crippen LogP contribution is 2.21. The fraction of sp³-hybridized carbons (Fsp3) is 0.533. The van der Waals surface area contributed by atoms with Gasteiger partial charge >= 0.3 is 0 Å². The van der Waals surface area contributed by atoms with Gasteiger partial charge in [-0.1, -0.05) is 6.07 Å². The lowest BCUT2D eigenvalue weighted by atomic mass is 10.1. The van der Waals surface area contributed by atoms with E-state index in [1.54, 1.807) is 0 Å². The minimum Gasteiger partial charge on any atom is -0.388 e. The predicted octanol–water partition coefficient (Wildman–Crippen LogP) is 1.20. The summed E-state index contributed by atoms with van der Waals surface area (Å²) in [7, 11) is 0. The van der Waals surface area contributed by atoms with Gasteiger partial charge in [-0.3, -0.25) is 0 Å². The van der Waals surface area contributed by atoms with E-state index in [0.29, 0.717) is 0 Å². The number of hydrogen-bond acceptors (Lipinski definition) is 4. The van der Waals surface area contributed by atoms with Gasteiger partial charge in [0.05, 0.1) is 17.1 Å². The minimum atomic E-state index is -0.405. The zero-order valence-corrected chi connectivity index (χ0v) is 11.9. The number of aromatic amines is 1. The normalized spacial score (nSPS) is 18.5. The lowest BCUT2D eigenvalue weighted by molar-refractivity contribution is 0.137. The maximum Gasteiger partial charge on any atom is 0.104 e. The van der Waals surface area contributed by atoms with E-state index < -0.39 is 6.10 Å². The third-order valence-corrected chi connectivity index (χ3v) is 3.94. The predicted molar refractivity (Wildman–Crippen MR) is 79.7 cm³/mol. The van der Waals surface area contributed by atoms with Crippen LogP contribution in [-0.4, -0.2) is 52.7 Å². The molecule has 0 spiro atoms. The van der Waals surface area contributed by atoms with Crippen LogP contribution >= 0.6 is 0 Å². The van der Waals surface area contributed by atoms with E-state index in [9.17, 15) is 5.11 Å². The van der Waals surface area contributed by atoms with Crippen molar-refractivity contribution in [3.05, 3.63) is 29.6 Å². The highest BCUT2D eigenvalue weighted by atomic mass is 16.3. The fourth-order valence-corrected chi connectivity index (χ4v) is 2.77. The van der Waals surface area contributed by atoms with Gasteiger partial charge in [0.25, 0.3) is 0 Å². The van der Waals surface area contributed by atoms with Gasteiger partial charge in [-0.2, -0.15) is 0 Å². The number of aliphatic hydroxyl groups excluding tert-OH is 1. The molecule has 3 N–H and O–H groups in total. The Morgan fingerprint density at radius 3 is 2.95 bits per heavy atom. The highest BCUT2D eigenvalue weighted by molar-refractivity contribution is 5.75. The number of aromatic nitrogens is 2. The number of fused-ring (bicyclic) bond motifs is 1. The first-order valence-corrected chi connectivity index (χ1v) is 7.30. The summed E-state index contributed by atoms with van der Waals surface area (Å²) in [6.45, 7) is 7.14. The molecule has 5 heteroatoms. The number of nitrogens with one attached hydrogen (secondary N) is 2. The van der Waals surface area contributed by atoms with Crippen molar-refractivity contribution in [2.45, 2.75) is 19.4 Å². The number of hydrogen-bond donors (Lipinski definition) is 3. The van der Waals surface area contributed by atoms with Crippen molar-refractivity contribution in [2.75, 3.05) is 32.7 Å². The molecule has 3 rings (SSSR count). The molecular weight excluding hydrogens is 252 g/mol. The molecule has 0 radical (unpaired) electrons. The molecule has 0 saturated carbocycles. The Labute approximate surface area is 119 Å². The van der Waals surface area contributed by atoms with Crippen LogP contribution in [0.25, 0.3) is 11.0 Å². The molecule has 0 bridgehead atoms. The second-order valence-electron chi connectivity index (χ2n) is 5.49. The molecule has 1 fully saturated rings. The van der Waals surface area contributed by atoms with Crippen LogP contribution in [0.15, 0.2) is 18.2 Å². The summed E-state index contributed by atoms with van der Waals surface area (Å²) in [4.78, 5) is 10.0. The Kier molecular flexibility index (Phi) is 4.00. The SMILES string of the molecule is Cc1nc2ccc(C(O)CCN3CCNCC3)cc2[nH]1. The van der Waals surface area contributed by atoms with E-state index >= 15 is 0 Å². The van der Waals surface area contributed by atoms with Gasteiger partial charge in [0.15, 0.2) is 0 Å². The van der Waals surface area contributed by atoms with Gasteiger partial charge in [0.2, 0.25) is 0 Å². The van der Waals surface area contributed by atoms with E-state index in [-0.39, 0.29) is 0 Å². The number of rotatable bonds is 4. The fourth-order valence-electron chi connectivity index (χ4n) is 2.77. The monoisotopic (exact) mass is 274 g/mol. The van der Waals surface area contributed by atoms with Crippen molar-refractivity contribution in [2.24, 2.45) is 0 Å². The molecule has 5 nitrogen and oxygen atoms in total. The number of piperazine rings is 1. The number of imidazole rings is 1. The number of benzene rings is 1. The zero-order chi connectivity index (χ0) is 13.9. The summed E-state index contributed by atoms with van der Waals surface area (Å²) < 4.78 is 0. The Bertz CT molecular complexity index is 574. The molecule has 1 aliphatic heterocycles. The molecule has 0 aliphatic carbocycles. The summed E-state index contributed by atoms with van der Waals surface area (Å²) in [5.74, 6) is 0.910. The van der Waals surface area contributed by atoms with Gasteiger partial charge in [0.1, 0.15) is 5.82 Å². The topological polar surface area (TPSA) is 64.2 Å². The van der Waals surface area contributed by atoms with Crippen LogP contribution in [0.5, 0.6) is 0 Å². The number of aryl methyl sites for hydroxylation is 1. The molecule has 2 aromatic rings. The third kappa shape index (κ3) is 3.00. The van der Waals surface area contributed by atoms with Crippen LogP contribution in [0.2, 0.25) is 0 Å². The van der Waals surface area contributed by atoms with Gasteiger partial charge in [-0.15, -0.1) is 0 Å². The van der Waals surface area contributed by atoms with Crippen LogP contribution < -0.4 is 5.32 Å². The van der Waals surface area contributed by atoms with E-state index in [4.69, 9.17) is 0 Å². The lowest BCUT2D eigenvalue weighted by Gasteiger charge is -2.27. The van der Waals surface area contributed by atoms with Crippen molar-refractivity contribution in [3.63, 3.8) is 0 Å². The molecule has 1 atom stereocenters. The van der Waals surface area contributed by atoms with Crippen LogP contribution in [-0.2, 0) is 0 Å². The van der Waals surface area contributed by atoms with Crippen molar-refractivity contribution in [1.29, 1.82) is 0 Å². The first kappa shape index (κ1) is 13.5. The zero-order valence-electron chi connectivity index (χ0n) is 11.9. The van der Waals surface area contributed by atoms with Crippen LogP contribution in [0.4, 0.5) is 0 Å². The van der Waals surface area contributed by atoms with Crippen LogP contribution in [0.3, 0.4) is 0 Å². The Morgan fingerprint density at radius 1 is 1.35 bits per heavy atom. The van der Waals surface area contributed by atoms with Crippen molar-refractivity contribution in [1.82, 2.24) is 20.2 Å². The maximum absolute atomic E-state index is 10.3. The summed E-state index contributed by atoms with van der Waals surface area (Å²) in [6.07, 6.45) is 0.372. The number of nitrogens with zero attached hydrogens (tertiary/aromatic N) is 2. The molecule has 0 amide bonds. The second-order valence-corrected chi connectivity index (χ2v) is 5.49. The lowest BCUT2D eigenvalue weighted by Crippen LogP contribution is -2.44. The summed E-state index contributed by atoms with van der Waals surface area (Å²) >= 11 is 0. The van der Waals surface area contributed by atoms with E-state index in [2.05, 4.69) is 20.2 Å². The third-order valence-electron chi connectivity index (χ3n) is 3.94. The van der Waals surface area contributed by atoms with Gasteiger partial charge in [-0.25, -0.2) is 4.98 Å². The quantitative estimate of drug-likeness (QED) is 0.784. The largest absolute Gasteiger partial charge is 0.388 e. The Morgan fingerprint density at radius 2 is 2.15 bits per heavy atom. The van der Waals surface area contributed by atoms with Gasteiger partial charge in [0, 0.05) is 32.7 Å². The molecule has 2 heterocycles. The molecule has 1 aromatic heterocycles. The van der Waals surface area contributed by atoms with Gasteiger partial charge in [-0.05, 0) is 31.0 Å². The average Bonchev–Trinajstić information content (AvgIpc) is 2.85. The van der Waals surface area contributed by atoms with E-state index in [1.165, 1.54) is 0 Å². The average molecular weight is 274 g/mol. The minimum absolute atomic E-state index is 0.405. The number of aliphatic hydroxyl groups is 1. The highest BCUT2D eigenvalue weighted by Gasteiger charge is 2.14. The molecule has 20 heavy (non-hydrogen) atoms. The smallest absolute Gasteiger partial charge is 0.104 e. The summed E-state index contributed by atoms with van der Waals surface area (Å²) in [5, 5.41) is 13.7. The van der Waals surface area contributed by atoms with Crippen LogP contribution in [0, 0.1) is 6.92 Å². The van der Waals surface area contributed by atoms with Crippen molar-refractivity contribution in [3.8, 4) is 0 Å². The molecule has 1 unspecified atom stereocenters. The number of H-pyrrole nitrogens is 1. The molecule has 1 aromatic carbocycles. The summed E-state index contributed by atoms with van der Waals surface area (Å²) in [5.41, 5.74) is 2.93. The Hall–Kier alpha value is -1.43. The van der Waals surface area contributed by atoms with Crippen LogP contribution in [0.1, 0.15) is 23.9 Å². The van der Waals surface area contributed by atoms with E-state index in [1.807, 2.05) is 25.1 Å². The first-order valence-electron chi connectivity index (χ1n) is 7.30. The van der Waals surface area contributed by atoms with Gasteiger partial charge < -0.3 is 20.3 Å². The molecular formula is C15H22N4O. The van der Waals surface area contributed by atoms with Crippen molar-refractivity contribution < 1.29 is 5.11 Å². The Balaban J connectivity index is 1.63. The summed E-state index contributed by atoms with van der Waals surface area (Å²) in [6, 6.07) is 5.96. The standard InChI is InChI=1S/C15H22N4O/c1-11-17-13-3-2-12(10-14(13)18-11)15(20)4-7-19-8-5-16-6-9-19/h2-3,10,15-16,20H,4-9H2,1H3,(H,17,18).